The molecule has 0 unspecified atom stereocenters. The summed E-state index contributed by atoms with van der Waals surface area (Å²) in [6, 6.07) is 5.99. The van der Waals surface area contributed by atoms with E-state index >= 15 is 0 Å². The van der Waals surface area contributed by atoms with Crippen molar-refractivity contribution >= 4 is 5.78 Å². The van der Waals surface area contributed by atoms with Gasteiger partial charge in [0.1, 0.15) is 11.6 Å². The Morgan fingerprint density at radius 1 is 1.35 bits per heavy atom. The summed E-state index contributed by atoms with van der Waals surface area (Å²) in [5.74, 6) is 0.576. The number of Topliss-reactive ketones (excluding diaryl/α,β-unsaturated/α-hetero) is 1. The van der Waals surface area contributed by atoms with Gasteiger partial charge in [0.15, 0.2) is 0 Å². The van der Waals surface area contributed by atoms with Gasteiger partial charge in [-0.25, -0.2) is 4.39 Å². The molecular weight excluding hydrogens is 259 g/mol. The zero-order valence-electron chi connectivity index (χ0n) is 11.0. The summed E-state index contributed by atoms with van der Waals surface area (Å²) < 4.78 is 18.2. The van der Waals surface area contributed by atoms with Crippen molar-refractivity contribution in [3.63, 3.8) is 0 Å². The molecule has 1 aliphatic rings. The van der Waals surface area contributed by atoms with Crippen molar-refractivity contribution in [3.05, 3.63) is 36.0 Å². The number of halogens is 1. The molecule has 1 aromatic carbocycles. The van der Waals surface area contributed by atoms with Crippen LogP contribution in [0.1, 0.15) is 31.6 Å². The summed E-state index contributed by atoms with van der Waals surface area (Å²) in [5, 5.41) is 3.80. The lowest BCUT2D eigenvalue weighted by Gasteiger charge is -2.04. The van der Waals surface area contributed by atoms with E-state index in [4.69, 9.17) is 4.52 Å². The Morgan fingerprint density at radius 3 is 2.90 bits per heavy atom. The number of benzene rings is 1. The number of nitrogens with zero attached hydrogens (tertiary/aromatic N) is 2. The fraction of sp³-hybridized carbons (Fsp3) is 0.400. The number of ketones is 1. The Balaban J connectivity index is 1.72. The van der Waals surface area contributed by atoms with Crippen LogP contribution >= 0.6 is 0 Å². The SMILES string of the molecule is O=C(Cc1nc(-c2cccc(F)c2)no1)C1CCCC1. The first kappa shape index (κ1) is 13.0. The Kier molecular flexibility index (Phi) is 3.58. The van der Waals surface area contributed by atoms with Gasteiger partial charge >= 0.3 is 0 Å². The van der Waals surface area contributed by atoms with Crippen molar-refractivity contribution in [1.29, 1.82) is 0 Å². The topological polar surface area (TPSA) is 56.0 Å². The van der Waals surface area contributed by atoms with Gasteiger partial charge in [0.25, 0.3) is 0 Å². The highest BCUT2D eigenvalue weighted by atomic mass is 19.1. The average molecular weight is 274 g/mol. The largest absolute Gasteiger partial charge is 0.339 e. The Bertz CT molecular complexity index is 618. The maximum absolute atomic E-state index is 13.1. The van der Waals surface area contributed by atoms with Crippen molar-refractivity contribution < 1.29 is 13.7 Å². The Labute approximate surface area is 116 Å². The highest BCUT2D eigenvalue weighted by Crippen LogP contribution is 2.26. The maximum atomic E-state index is 13.1. The van der Waals surface area contributed by atoms with Crippen LogP contribution in [0.25, 0.3) is 11.4 Å². The van der Waals surface area contributed by atoms with Gasteiger partial charge in [-0.1, -0.05) is 30.1 Å². The molecule has 0 bridgehead atoms. The molecule has 1 saturated carbocycles. The molecule has 20 heavy (non-hydrogen) atoms. The second-order valence-electron chi connectivity index (χ2n) is 5.15. The highest BCUT2D eigenvalue weighted by Gasteiger charge is 2.24. The van der Waals surface area contributed by atoms with Crippen molar-refractivity contribution in [3.8, 4) is 11.4 Å². The lowest BCUT2D eigenvalue weighted by molar-refractivity contribution is -0.122. The normalized spacial score (nSPS) is 15.7. The van der Waals surface area contributed by atoms with Crippen LogP contribution in [0.4, 0.5) is 4.39 Å². The van der Waals surface area contributed by atoms with Crippen LogP contribution in [0.2, 0.25) is 0 Å². The van der Waals surface area contributed by atoms with E-state index in [9.17, 15) is 9.18 Å². The zero-order valence-corrected chi connectivity index (χ0v) is 11.0. The van der Waals surface area contributed by atoms with Crippen LogP contribution in [0, 0.1) is 11.7 Å². The third-order valence-electron chi connectivity index (χ3n) is 3.69. The van der Waals surface area contributed by atoms with Crippen LogP contribution in [0.5, 0.6) is 0 Å². The molecule has 0 N–H and O–H groups in total. The molecule has 1 fully saturated rings. The number of aromatic nitrogens is 2. The van der Waals surface area contributed by atoms with Crippen molar-refractivity contribution in [2.24, 2.45) is 5.92 Å². The van der Waals surface area contributed by atoms with Crippen LogP contribution < -0.4 is 0 Å². The third-order valence-corrected chi connectivity index (χ3v) is 3.69. The van der Waals surface area contributed by atoms with E-state index in [1.165, 1.54) is 12.1 Å². The van der Waals surface area contributed by atoms with Gasteiger partial charge in [0, 0.05) is 11.5 Å². The first-order chi connectivity index (χ1) is 9.72. The second kappa shape index (κ2) is 5.53. The van der Waals surface area contributed by atoms with Gasteiger partial charge in [-0.2, -0.15) is 4.98 Å². The summed E-state index contributed by atoms with van der Waals surface area (Å²) in [7, 11) is 0. The Hall–Kier alpha value is -2.04. The Morgan fingerprint density at radius 2 is 2.15 bits per heavy atom. The van der Waals surface area contributed by atoms with E-state index in [1.807, 2.05) is 0 Å². The van der Waals surface area contributed by atoms with E-state index < -0.39 is 0 Å². The fourth-order valence-electron chi connectivity index (χ4n) is 2.61. The van der Waals surface area contributed by atoms with Crippen LogP contribution in [-0.4, -0.2) is 15.9 Å². The standard InChI is InChI=1S/C15H15FN2O2/c16-12-7-3-6-11(8-12)15-17-14(20-18-15)9-13(19)10-4-1-2-5-10/h3,6-8,10H,1-2,4-5,9H2. The molecule has 0 aliphatic heterocycles. The summed E-state index contributed by atoms with van der Waals surface area (Å²) >= 11 is 0. The quantitative estimate of drug-likeness (QED) is 0.859. The number of carbonyl (C=O) groups is 1. The minimum Gasteiger partial charge on any atom is -0.339 e. The molecule has 1 aromatic heterocycles. The molecule has 4 nitrogen and oxygen atoms in total. The first-order valence-corrected chi connectivity index (χ1v) is 6.83. The molecule has 3 rings (SSSR count). The molecule has 0 saturated heterocycles. The molecule has 5 heteroatoms. The lowest BCUT2D eigenvalue weighted by Crippen LogP contribution is -2.13. The minimum atomic E-state index is -0.351. The van der Waals surface area contributed by atoms with Crippen molar-refractivity contribution in [2.45, 2.75) is 32.1 Å². The minimum absolute atomic E-state index is 0.138. The van der Waals surface area contributed by atoms with Gasteiger partial charge in [0.05, 0.1) is 6.42 Å². The summed E-state index contributed by atoms with van der Waals surface area (Å²) in [6.07, 6.45) is 4.34. The van der Waals surface area contributed by atoms with Crippen LogP contribution in [-0.2, 0) is 11.2 Å². The molecular formula is C15H15FN2O2. The van der Waals surface area contributed by atoms with E-state index in [0.717, 1.165) is 25.7 Å². The van der Waals surface area contributed by atoms with Gasteiger partial charge < -0.3 is 4.52 Å². The predicted molar refractivity (Wildman–Crippen MR) is 70.4 cm³/mol. The number of carbonyl (C=O) groups excluding carboxylic acids is 1. The molecule has 104 valence electrons. The molecule has 1 heterocycles. The molecule has 0 amide bonds. The summed E-state index contributed by atoms with van der Waals surface area (Å²) in [6.45, 7) is 0. The predicted octanol–water partition coefficient (Wildman–Crippen LogP) is 3.18. The van der Waals surface area contributed by atoms with Gasteiger partial charge in [0.2, 0.25) is 11.7 Å². The van der Waals surface area contributed by atoms with Crippen LogP contribution in [0.3, 0.4) is 0 Å². The molecule has 0 spiro atoms. The smallest absolute Gasteiger partial charge is 0.234 e. The van der Waals surface area contributed by atoms with E-state index in [0.29, 0.717) is 17.3 Å². The average Bonchev–Trinajstić information content (AvgIpc) is 3.10. The van der Waals surface area contributed by atoms with E-state index in [2.05, 4.69) is 10.1 Å². The molecule has 1 aliphatic carbocycles. The number of hydrogen-bond acceptors (Lipinski definition) is 4. The van der Waals surface area contributed by atoms with Crippen LogP contribution in [0.15, 0.2) is 28.8 Å². The first-order valence-electron chi connectivity index (χ1n) is 6.83. The summed E-state index contributed by atoms with van der Waals surface area (Å²) in [5.41, 5.74) is 0.549. The van der Waals surface area contributed by atoms with Gasteiger partial charge in [-0.05, 0) is 25.0 Å². The molecule has 0 atom stereocenters. The van der Waals surface area contributed by atoms with Gasteiger partial charge in [-0.15, -0.1) is 0 Å². The fourth-order valence-corrected chi connectivity index (χ4v) is 2.61. The maximum Gasteiger partial charge on any atom is 0.234 e. The second-order valence-corrected chi connectivity index (χ2v) is 5.15. The van der Waals surface area contributed by atoms with Gasteiger partial charge in [-0.3, -0.25) is 4.79 Å². The van der Waals surface area contributed by atoms with E-state index in [-0.39, 0.29) is 23.9 Å². The number of rotatable bonds is 4. The number of hydrogen-bond donors (Lipinski definition) is 0. The van der Waals surface area contributed by atoms with Crippen molar-refractivity contribution in [1.82, 2.24) is 10.1 Å². The van der Waals surface area contributed by atoms with Crippen molar-refractivity contribution in [2.75, 3.05) is 0 Å². The zero-order chi connectivity index (χ0) is 13.9. The highest BCUT2D eigenvalue weighted by molar-refractivity contribution is 5.82. The monoisotopic (exact) mass is 274 g/mol. The molecule has 2 aromatic rings. The van der Waals surface area contributed by atoms with E-state index in [1.54, 1.807) is 12.1 Å². The summed E-state index contributed by atoms with van der Waals surface area (Å²) in [4.78, 5) is 16.2. The third kappa shape index (κ3) is 2.76. The molecule has 0 radical (unpaired) electrons. The lowest BCUT2D eigenvalue weighted by atomic mass is 10.0.